The first-order chi connectivity index (χ1) is 20.5. The first-order valence-electron chi connectivity index (χ1n) is 13.7. The van der Waals surface area contributed by atoms with Gasteiger partial charge in [0.1, 0.15) is 17.1 Å². The Morgan fingerprint density at radius 1 is 1.16 bits per heavy atom. The Labute approximate surface area is 243 Å². The number of nitrogens with two attached hydrogens (primary N) is 1. The molecule has 43 heavy (non-hydrogen) atoms. The lowest BCUT2D eigenvalue weighted by atomic mass is 9.76. The zero-order valence-corrected chi connectivity index (χ0v) is 23.5. The molecule has 0 saturated heterocycles. The topological polar surface area (TPSA) is 162 Å². The first kappa shape index (κ1) is 28.4. The third-order valence-electron chi connectivity index (χ3n) is 8.63. The second-order valence-electron chi connectivity index (χ2n) is 11.4. The number of aromatic amines is 1. The number of primary amides is 1. The van der Waals surface area contributed by atoms with Crippen LogP contribution in [-0.4, -0.2) is 43.9 Å². The van der Waals surface area contributed by atoms with Crippen LogP contribution in [0.4, 0.5) is 18.9 Å². The van der Waals surface area contributed by atoms with E-state index in [1.54, 1.807) is 13.8 Å². The molecule has 11 nitrogen and oxygen atoms in total. The molecule has 1 spiro atoms. The maximum atomic E-state index is 15.1. The summed E-state index contributed by atoms with van der Waals surface area (Å²) in [7, 11) is 0. The van der Waals surface area contributed by atoms with Crippen LogP contribution in [0, 0.1) is 42.6 Å². The van der Waals surface area contributed by atoms with E-state index in [9.17, 15) is 18.4 Å². The lowest BCUT2D eigenvalue weighted by molar-refractivity contribution is -0.117. The maximum Gasteiger partial charge on any atom is 0.272 e. The smallest absolute Gasteiger partial charge is 0.272 e. The monoisotopic (exact) mass is 595 g/mol. The number of amides is 2. The Hall–Kier alpha value is -4.75. The number of carbonyl (C=O) groups is 2. The standard InChI is InChI=1S/C29H28F3N7O4/c1-12(25-27(28(33)41)39-43-38-25)4-15-9-29(15)11-42-22-8-20(31)19(30)6-17(22)18(29)7-23(40)35-16-5-21(32)26(34-10-16)24-13(2)36-37-14(24)3/h5-6,8,10,12,15,18H,4,7,9,11H2,1-3H3,(H2,33,41)(H,35,40)(H,36,37). The molecular formula is C29H28F3N7O4. The minimum absolute atomic E-state index is 0.0150. The summed E-state index contributed by atoms with van der Waals surface area (Å²) < 4.78 is 54.2. The van der Waals surface area contributed by atoms with E-state index in [-0.39, 0.29) is 47.7 Å². The van der Waals surface area contributed by atoms with Crippen molar-refractivity contribution in [3.8, 4) is 17.0 Å². The number of ether oxygens (including phenoxy) is 1. The van der Waals surface area contributed by atoms with Gasteiger partial charge >= 0.3 is 0 Å². The number of hydrogen-bond acceptors (Lipinski definition) is 8. The molecule has 224 valence electrons. The predicted molar refractivity (Wildman–Crippen MR) is 145 cm³/mol. The molecule has 1 saturated carbocycles. The van der Waals surface area contributed by atoms with Crippen molar-refractivity contribution in [1.29, 1.82) is 0 Å². The van der Waals surface area contributed by atoms with Crippen LogP contribution in [0.2, 0.25) is 0 Å². The summed E-state index contributed by atoms with van der Waals surface area (Å²) in [5.41, 5.74) is 7.52. The summed E-state index contributed by atoms with van der Waals surface area (Å²) in [5, 5.41) is 17.0. The zero-order chi connectivity index (χ0) is 30.6. The van der Waals surface area contributed by atoms with Crippen LogP contribution >= 0.6 is 0 Å². The molecule has 4 unspecified atom stereocenters. The molecule has 4 aromatic rings. The van der Waals surface area contributed by atoms with Crippen LogP contribution in [0.1, 0.15) is 71.2 Å². The Morgan fingerprint density at radius 3 is 2.63 bits per heavy atom. The molecule has 0 bridgehead atoms. The third kappa shape index (κ3) is 5.00. The van der Waals surface area contributed by atoms with Crippen molar-refractivity contribution in [1.82, 2.24) is 25.5 Å². The van der Waals surface area contributed by atoms with Crippen LogP contribution in [0.5, 0.6) is 5.75 Å². The molecule has 4 heterocycles. The highest BCUT2D eigenvalue weighted by Crippen LogP contribution is 2.67. The summed E-state index contributed by atoms with van der Waals surface area (Å²) in [6.07, 6.45) is 2.40. The Kier molecular flexibility index (Phi) is 6.93. The normalized spacial score (nSPS) is 21.3. The number of pyridine rings is 1. The molecule has 1 aromatic carbocycles. The van der Waals surface area contributed by atoms with E-state index >= 15 is 4.39 Å². The molecular weight excluding hydrogens is 567 g/mol. The predicted octanol–water partition coefficient (Wildman–Crippen LogP) is 4.69. The fraction of sp³-hybridized carbons (Fsp3) is 0.379. The average molecular weight is 596 g/mol. The molecule has 1 aliphatic heterocycles. The Morgan fingerprint density at radius 2 is 1.93 bits per heavy atom. The lowest BCUT2D eigenvalue weighted by Crippen LogP contribution is -2.32. The van der Waals surface area contributed by atoms with Gasteiger partial charge in [-0.15, -0.1) is 0 Å². The molecule has 6 rings (SSSR count). The van der Waals surface area contributed by atoms with Crippen molar-refractivity contribution in [3.63, 3.8) is 0 Å². The van der Waals surface area contributed by atoms with E-state index in [4.69, 9.17) is 15.1 Å². The molecule has 4 N–H and O–H groups in total. The molecule has 3 aromatic heterocycles. The highest BCUT2D eigenvalue weighted by Gasteiger charge is 2.62. The van der Waals surface area contributed by atoms with Crippen molar-refractivity contribution in [2.75, 3.05) is 11.9 Å². The van der Waals surface area contributed by atoms with E-state index in [0.717, 1.165) is 12.1 Å². The third-order valence-corrected chi connectivity index (χ3v) is 8.63. The summed E-state index contributed by atoms with van der Waals surface area (Å²) >= 11 is 0. The minimum Gasteiger partial charge on any atom is -0.493 e. The maximum absolute atomic E-state index is 15.1. The van der Waals surface area contributed by atoms with E-state index in [1.807, 2.05) is 6.92 Å². The highest BCUT2D eigenvalue weighted by molar-refractivity contribution is 5.92. The number of fused-ring (bicyclic) bond motifs is 1. The second-order valence-corrected chi connectivity index (χ2v) is 11.4. The van der Waals surface area contributed by atoms with Gasteiger partial charge in [0.15, 0.2) is 23.1 Å². The van der Waals surface area contributed by atoms with Gasteiger partial charge in [0.2, 0.25) is 5.91 Å². The highest BCUT2D eigenvalue weighted by atomic mass is 19.2. The summed E-state index contributed by atoms with van der Waals surface area (Å²) in [6, 6.07) is 3.24. The van der Waals surface area contributed by atoms with Crippen LogP contribution < -0.4 is 15.8 Å². The second kappa shape index (κ2) is 10.5. The van der Waals surface area contributed by atoms with Gasteiger partial charge in [-0.05, 0) is 43.8 Å². The number of benzene rings is 1. The molecule has 14 heteroatoms. The Balaban J connectivity index is 1.24. The van der Waals surface area contributed by atoms with E-state index in [2.05, 4.69) is 30.8 Å². The van der Waals surface area contributed by atoms with E-state index in [0.29, 0.717) is 41.1 Å². The van der Waals surface area contributed by atoms with Gasteiger partial charge in [0.25, 0.3) is 5.91 Å². The van der Waals surface area contributed by atoms with Crippen LogP contribution in [0.25, 0.3) is 11.3 Å². The van der Waals surface area contributed by atoms with Crippen molar-refractivity contribution in [2.45, 2.75) is 51.9 Å². The number of nitrogens with zero attached hydrogens (tertiary/aromatic N) is 4. The van der Waals surface area contributed by atoms with E-state index < -0.39 is 40.6 Å². The number of carbonyl (C=O) groups excluding carboxylic acids is 2. The molecule has 1 fully saturated rings. The van der Waals surface area contributed by atoms with Gasteiger partial charge in [-0.1, -0.05) is 12.1 Å². The van der Waals surface area contributed by atoms with Gasteiger partial charge in [0.05, 0.1) is 24.2 Å². The van der Waals surface area contributed by atoms with Gasteiger partial charge in [0, 0.05) is 52.6 Å². The van der Waals surface area contributed by atoms with Gasteiger partial charge < -0.3 is 15.8 Å². The molecule has 1 aliphatic carbocycles. The molecule has 0 radical (unpaired) electrons. The zero-order valence-electron chi connectivity index (χ0n) is 23.5. The Bertz CT molecular complexity index is 1740. The van der Waals surface area contributed by atoms with Crippen LogP contribution in [0.3, 0.4) is 0 Å². The van der Waals surface area contributed by atoms with Crippen LogP contribution in [0.15, 0.2) is 29.0 Å². The van der Waals surface area contributed by atoms with E-state index in [1.165, 1.54) is 12.3 Å². The molecule has 4 atom stereocenters. The van der Waals surface area contributed by atoms with Crippen LogP contribution in [-0.2, 0) is 4.79 Å². The summed E-state index contributed by atoms with van der Waals surface area (Å²) in [6.45, 7) is 5.52. The van der Waals surface area contributed by atoms with Gasteiger partial charge in [-0.3, -0.25) is 19.7 Å². The lowest BCUT2D eigenvalue weighted by Gasteiger charge is -2.35. The average Bonchev–Trinajstić information content (AvgIpc) is 3.25. The van der Waals surface area contributed by atoms with Crippen molar-refractivity contribution in [3.05, 3.63) is 70.2 Å². The first-order valence-corrected chi connectivity index (χ1v) is 13.7. The number of aromatic nitrogens is 5. The van der Waals surface area contributed by atoms with Gasteiger partial charge in [-0.2, -0.15) is 5.10 Å². The SMILES string of the molecule is Cc1n[nH]c(C)c1-c1ncc(NC(=O)CC2c3cc(F)c(F)cc3OCC23CC3CC(C)c2nonc2C(N)=O)cc1F. The minimum atomic E-state index is -1.05. The van der Waals surface area contributed by atoms with Crippen molar-refractivity contribution in [2.24, 2.45) is 17.1 Å². The van der Waals surface area contributed by atoms with Gasteiger partial charge in [-0.25, -0.2) is 17.8 Å². The number of halogens is 3. The molecule has 2 aliphatic rings. The number of nitrogens with one attached hydrogen (secondary N) is 2. The van der Waals surface area contributed by atoms with Crippen molar-refractivity contribution >= 4 is 17.5 Å². The number of anilines is 1. The fourth-order valence-electron chi connectivity index (χ4n) is 6.41. The number of aryl methyl sites for hydroxylation is 2. The van der Waals surface area contributed by atoms with Crippen molar-refractivity contribution < 1.29 is 32.1 Å². The summed E-state index contributed by atoms with van der Waals surface area (Å²) in [4.78, 5) is 29.3. The molecule has 2 amide bonds. The fourth-order valence-corrected chi connectivity index (χ4v) is 6.41. The quantitative estimate of drug-likeness (QED) is 0.264. The largest absolute Gasteiger partial charge is 0.493 e. The number of hydrogen-bond donors (Lipinski definition) is 3. The number of H-pyrrole nitrogens is 1. The number of rotatable bonds is 8. The summed E-state index contributed by atoms with van der Waals surface area (Å²) in [5.74, 6) is -4.62.